The lowest BCUT2D eigenvalue weighted by Crippen LogP contribution is -2.39. The quantitative estimate of drug-likeness (QED) is 0.549. The molecule has 0 N–H and O–H groups in total. The smallest absolute Gasteiger partial charge is 0.330 e. The van der Waals surface area contributed by atoms with Gasteiger partial charge >= 0.3 is 12.3 Å². The van der Waals surface area contributed by atoms with Gasteiger partial charge in [-0.2, -0.15) is 8.78 Å². The largest absolute Gasteiger partial charge is 0.374 e. The fraction of sp³-hybridized carbons (Fsp3) is 0.600. The van der Waals surface area contributed by atoms with Crippen LogP contribution in [0.5, 0.6) is 0 Å². The molecule has 1 aromatic carbocycles. The molecule has 1 atom stereocenters. The van der Waals surface area contributed by atoms with Crippen molar-refractivity contribution in [2.75, 3.05) is 19.8 Å². The van der Waals surface area contributed by atoms with Crippen LogP contribution in [0.1, 0.15) is 19.4 Å². The van der Waals surface area contributed by atoms with E-state index in [1.54, 1.807) is 13.8 Å². The number of hydrogen-bond donors (Lipinski definition) is 0. The fourth-order valence-corrected chi connectivity index (χ4v) is 2.42. The molecule has 23 heavy (non-hydrogen) atoms. The Morgan fingerprint density at radius 3 is 2.30 bits per heavy atom. The molecule has 0 spiro atoms. The molecular weight excluding hydrogens is 326 g/mol. The van der Waals surface area contributed by atoms with Gasteiger partial charge in [-0.15, -0.1) is 0 Å². The molecule has 0 radical (unpaired) electrons. The van der Waals surface area contributed by atoms with Crippen molar-refractivity contribution in [3.63, 3.8) is 0 Å². The highest BCUT2D eigenvalue weighted by atomic mass is 19.3. The number of halogens is 6. The number of hydrogen-bond acceptors (Lipinski definition) is 2. The van der Waals surface area contributed by atoms with Gasteiger partial charge < -0.3 is 9.47 Å². The third-order valence-electron chi connectivity index (χ3n) is 3.97. The molecule has 0 amide bonds. The van der Waals surface area contributed by atoms with Crippen LogP contribution in [0.25, 0.3) is 0 Å². The second kappa shape index (κ2) is 5.98. The first-order valence-corrected chi connectivity index (χ1v) is 6.85. The minimum Gasteiger partial charge on any atom is -0.374 e. The molecule has 1 saturated heterocycles. The number of rotatable bonds is 7. The van der Waals surface area contributed by atoms with Gasteiger partial charge in [0, 0.05) is 17.0 Å². The molecule has 2 rings (SSSR count). The third kappa shape index (κ3) is 3.47. The van der Waals surface area contributed by atoms with Gasteiger partial charge in [-0.05, 0) is 6.07 Å². The molecule has 0 aromatic heterocycles. The van der Waals surface area contributed by atoms with Crippen LogP contribution in [-0.2, 0) is 15.1 Å². The lowest BCUT2D eigenvalue weighted by Gasteiger charge is -2.32. The molecule has 0 saturated carbocycles. The van der Waals surface area contributed by atoms with E-state index in [-0.39, 0.29) is 18.8 Å². The minimum atomic E-state index is -4.26. The second-order valence-corrected chi connectivity index (χ2v) is 6.18. The maximum atomic E-state index is 14.0. The molecule has 0 aliphatic carbocycles. The molecule has 130 valence electrons. The van der Waals surface area contributed by atoms with E-state index in [1.165, 1.54) is 6.07 Å². The van der Waals surface area contributed by atoms with Crippen molar-refractivity contribution in [3.8, 4) is 0 Å². The van der Waals surface area contributed by atoms with Crippen molar-refractivity contribution >= 4 is 0 Å². The van der Waals surface area contributed by atoms with Crippen molar-refractivity contribution < 1.29 is 35.8 Å². The average molecular weight is 342 g/mol. The Kier molecular flexibility index (Phi) is 4.69. The summed E-state index contributed by atoms with van der Waals surface area (Å²) in [6.45, 7) is 1.44. The van der Waals surface area contributed by atoms with Crippen LogP contribution in [0.4, 0.5) is 26.3 Å². The summed E-state index contributed by atoms with van der Waals surface area (Å²) in [6, 6.07) is 2.97. The van der Waals surface area contributed by atoms with Gasteiger partial charge in [-0.3, -0.25) is 0 Å². The van der Waals surface area contributed by atoms with E-state index in [2.05, 4.69) is 0 Å². The molecular formula is C15H16F6O2. The molecule has 0 bridgehead atoms. The number of alkyl halides is 4. The van der Waals surface area contributed by atoms with Gasteiger partial charge in [-0.1, -0.05) is 19.9 Å². The SMILES string of the molecule is CC(C)(COCC(F)(F)C(F)F)C1(c2ccc(F)cc2F)CO1. The van der Waals surface area contributed by atoms with Crippen LogP contribution in [-0.4, -0.2) is 32.2 Å². The van der Waals surface area contributed by atoms with Crippen LogP contribution in [0.2, 0.25) is 0 Å². The summed E-state index contributed by atoms with van der Waals surface area (Å²) in [7, 11) is 0. The first-order chi connectivity index (χ1) is 10.5. The maximum absolute atomic E-state index is 14.0. The lowest BCUT2D eigenvalue weighted by molar-refractivity contribution is -0.173. The van der Waals surface area contributed by atoms with Gasteiger partial charge in [-0.25, -0.2) is 17.6 Å². The Morgan fingerprint density at radius 1 is 1.22 bits per heavy atom. The average Bonchev–Trinajstić information content (AvgIpc) is 3.19. The zero-order valence-corrected chi connectivity index (χ0v) is 12.5. The summed E-state index contributed by atoms with van der Waals surface area (Å²) in [5.74, 6) is -5.84. The highest BCUT2D eigenvalue weighted by Crippen LogP contribution is 2.53. The van der Waals surface area contributed by atoms with Gasteiger partial charge in [0.05, 0.1) is 13.2 Å². The van der Waals surface area contributed by atoms with Crippen molar-refractivity contribution in [2.45, 2.75) is 31.8 Å². The molecule has 1 heterocycles. The van der Waals surface area contributed by atoms with E-state index in [1.807, 2.05) is 0 Å². The van der Waals surface area contributed by atoms with Crippen LogP contribution < -0.4 is 0 Å². The fourth-order valence-electron chi connectivity index (χ4n) is 2.42. The molecule has 1 aliphatic rings. The van der Waals surface area contributed by atoms with Crippen molar-refractivity contribution in [1.82, 2.24) is 0 Å². The zero-order chi connectivity index (χ0) is 17.5. The number of benzene rings is 1. The van der Waals surface area contributed by atoms with Crippen LogP contribution in [0.3, 0.4) is 0 Å². The summed E-state index contributed by atoms with van der Waals surface area (Å²) in [5, 5.41) is 0. The Balaban J connectivity index is 2.10. The monoisotopic (exact) mass is 342 g/mol. The summed E-state index contributed by atoms with van der Waals surface area (Å²) >= 11 is 0. The van der Waals surface area contributed by atoms with Gasteiger partial charge in [0.1, 0.15) is 23.8 Å². The van der Waals surface area contributed by atoms with Crippen LogP contribution in [0, 0.1) is 17.0 Å². The summed E-state index contributed by atoms with van der Waals surface area (Å²) in [4.78, 5) is 0. The number of ether oxygens (including phenoxy) is 2. The van der Waals surface area contributed by atoms with Crippen molar-refractivity contribution in [2.24, 2.45) is 5.41 Å². The third-order valence-corrected chi connectivity index (χ3v) is 3.97. The Labute approximate surface area is 129 Å². The zero-order valence-electron chi connectivity index (χ0n) is 12.5. The first-order valence-electron chi connectivity index (χ1n) is 6.85. The summed E-state index contributed by atoms with van der Waals surface area (Å²) < 4.78 is 86.9. The van der Waals surface area contributed by atoms with E-state index in [4.69, 9.17) is 9.47 Å². The number of epoxide rings is 1. The molecule has 2 nitrogen and oxygen atoms in total. The Morgan fingerprint density at radius 2 is 1.83 bits per heavy atom. The predicted molar refractivity (Wildman–Crippen MR) is 69.5 cm³/mol. The molecule has 1 unspecified atom stereocenters. The Bertz CT molecular complexity index is 569. The van der Waals surface area contributed by atoms with E-state index < -0.39 is 41.6 Å². The maximum Gasteiger partial charge on any atom is 0.330 e. The second-order valence-electron chi connectivity index (χ2n) is 6.18. The van der Waals surface area contributed by atoms with Crippen molar-refractivity contribution in [1.29, 1.82) is 0 Å². The highest BCUT2D eigenvalue weighted by Gasteiger charge is 2.59. The summed E-state index contributed by atoms with van der Waals surface area (Å²) in [5.41, 5.74) is -2.07. The minimum absolute atomic E-state index is 0.0770. The molecule has 1 fully saturated rings. The van der Waals surface area contributed by atoms with Crippen LogP contribution in [0.15, 0.2) is 18.2 Å². The van der Waals surface area contributed by atoms with Gasteiger partial charge in [0.25, 0.3) is 0 Å². The topological polar surface area (TPSA) is 21.8 Å². The predicted octanol–water partition coefficient (Wildman–Crippen LogP) is 4.13. The van der Waals surface area contributed by atoms with E-state index in [0.717, 1.165) is 6.07 Å². The standard InChI is InChI=1S/C15H16F6O2/c1-13(2,6-22-8-15(20,21)12(18)19)14(7-23-14)10-4-3-9(16)5-11(10)17/h3-5,12H,6-8H2,1-2H3. The summed E-state index contributed by atoms with van der Waals surface area (Å²) in [6.07, 6.45) is -3.83. The molecule has 1 aliphatic heterocycles. The molecule has 8 heteroatoms. The lowest BCUT2D eigenvalue weighted by atomic mass is 9.75. The van der Waals surface area contributed by atoms with Crippen LogP contribution >= 0.6 is 0 Å². The van der Waals surface area contributed by atoms with Gasteiger partial charge in [0.2, 0.25) is 0 Å². The first kappa shape index (κ1) is 18.1. The van der Waals surface area contributed by atoms with Gasteiger partial charge in [0.15, 0.2) is 0 Å². The Hall–Kier alpha value is -1.28. The van der Waals surface area contributed by atoms with Crippen molar-refractivity contribution in [3.05, 3.63) is 35.4 Å². The highest BCUT2D eigenvalue weighted by molar-refractivity contribution is 5.31. The molecule has 1 aromatic rings. The van der Waals surface area contributed by atoms with E-state index >= 15 is 0 Å². The van der Waals surface area contributed by atoms with E-state index in [0.29, 0.717) is 6.07 Å². The normalized spacial score (nSPS) is 21.8. The van der Waals surface area contributed by atoms with E-state index in [9.17, 15) is 26.3 Å².